The van der Waals surface area contributed by atoms with Gasteiger partial charge in [-0.25, -0.2) is 4.99 Å². The van der Waals surface area contributed by atoms with E-state index in [0.29, 0.717) is 45.2 Å². The van der Waals surface area contributed by atoms with Gasteiger partial charge in [-0.3, -0.25) is 8.63 Å². The van der Waals surface area contributed by atoms with E-state index in [1.54, 1.807) is 14.2 Å². The van der Waals surface area contributed by atoms with Crippen LogP contribution < -0.4 is 9.47 Å². The van der Waals surface area contributed by atoms with Crippen LogP contribution in [0.4, 0.5) is 8.63 Å². The molecule has 0 amide bonds. The zero-order chi connectivity index (χ0) is 39.8. The zero-order valence-electron chi connectivity index (χ0n) is 33.3. The van der Waals surface area contributed by atoms with Crippen LogP contribution in [0.1, 0.15) is 75.1 Å². The Morgan fingerprint density at radius 2 is 1.07 bits per heavy atom. The highest BCUT2D eigenvalue weighted by atomic mass is 19.2. The lowest BCUT2D eigenvalue weighted by Crippen LogP contribution is -2.18. The number of hydrogen-bond acceptors (Lipinski definition) is 3. The summed E-state index contributed by atoms with van der Waals surface area (Å²) in [6.07, 6.45) is 2.04. The molecule has 2 heterocycles. The Kier molecular flexibility index (Phi) is 10.5. The van der Waals surface area contributed by atoms with Crippen LogP contribution in [0.15, 0.2) is 150 Å². The summed E-state index contributed by atoms with van der Waals surface area (Å²) in [4.78, 5) is 5.34. The molecule has 0 saturated carbocycles. The van der Waals surface area contributed by atoms with Gasteiger partial charge in [0, 0.05) is 28.0 Å². The normalized spacial score (nSPS) is 14.0. The number of ether oxygens (including phenoxy) is 2. The van der Waals surface area contributed by atoms with Crippen molar-refractivity contribution in [3.63, 3.8) is 0 Å². The Hall–Kier alpha value is -5.95. The average Bonchev–Trinajstić information content (AvgIpc) is 3.81. The molecule has 0 atom stereocenters. The van der Waals surface area contributed by atoms with Crippen molar-refractivity contribution in [1.29, 1.82) is 0 Å². The van der Waals surface area contributed by atoms with E-state index in [2.05, 4.69) is 65.8 Å². The van der Waals surface area contributed by atoms with Crippen molar-refractivity contribution in [3.05, 3.63) is 179 Å². The molecule has 0 N–H and O–H groups in total. The van der Waals surface area contributed by atoms with Gasteiger partial charge in [-0.1, -0.05) is 133 Å². The minimum atomic E-state index is -2.87. The Morgan fingerprint density at radius 3 is 1.55 bits per heavy atom. The number of allylic oxidation sites excluding steroid dienone is 2. The molecule has 4 nitrogen and oxygen atoms in total. The van der Waals surface area contributed by atoms with Crippen LogP contribution in [0.5, 0.6) is 11.5 Å². The summed E-state index contributed by atoms with van der Waals surface area (Å²) in [6.45, 7) is 13.0. The molecule has 0 unspecified atom stereocenters. The predicted octanol–water partition coefficient (Wildman–Crippen LogP) is 12.6. The number of nitrogens with zero attached hydrogens (tertiary/aromatic N) is 2. The van der Waals surface area contributed by atoms with Crippen molar-refractivity contribution in [3.8, 4) is 33.9 Å². The lowest BCUT2D eigenvalue weighted by molar-refractivity contribution is 0.414. The number of methoxy groups -OCH3 is 2. The van der Waals surface area contributed by atoms with Gasteiger partial charge in [0.25, 0.3) is 0 Å². The fourth-order valence-electron chi connectivity index (χ4n) is 7.22. The molecule has 56 heavy (non-hydrogen) atoms. The summed E-state index contributed by atoms with van der Waals surface area (Å²) in [5.74, 6) is 1.44. The Labute approximate surface area is 330 Å². The maximum Gasteiger partial charge on any atom is 0.678 e. The summed E-state index contributed by atoms with van der Waals surface area (Å²) in [7, 11) is 0.399. The van der Waals surface area contributed by atoms with Gasteiger partial charge in [0.2, 0.25) is 0 Å². The molecule has 1 aliphatic rings. The lowest BCUT2D eigenvalue weighted by Gasteiger charge is -2.21. The Morgan fingerprint density at radius 1 is 0.589 bits per heavy atom. The maximum atomic E-state index is 16.1. The van der Waals surface area contributed by atoms with E-state index >= 15 is 8.63 Å². The van der Waals surface area contributed by atoms with Crippen LogP contribution in [0.25, 0.3) is 33.5 Å². The molecule has 0 fully saturated rings. The number of benzene rings is 5. The second-order valence-electron chi connectivity index (χ2n) is 16.2. The largest absolute Gasteiger partial charge is 0.678 e. The first-order chi connectivity index (χ1) is 26.8. The number of hydrogen-bond donors (Lipinski definition) is 0. The SMILES string of the molecule is COc1ccc(C2=CC(c3ccc(OC)cc3)=N/C2=C(/c2ccccc2)c2c(-c3ccc(C(C)(C)C)cc3)cc(-c3ccc(C(C)(C)C)cc3)n2B(F)F)cc1. The molecule has 0 saturated heterocycles. The maximum absolute atomic E-state index is 16.1. The molecule has 0 bridgehead atoms. The van der Waals surface area contributed by atoms with Crippen LogP contribution in [-0.2, 0) is 10.8 Å². The van der Waals surface area contributed by atoms with Crippen LogP contribution in [-0.4, -0.2) is 31.8 Å². The number of aliphatic imine (C=N–C) groups is 1. The second kappa shape index (κ2) is 15.3. The van der Waals surface area contributed by atoms with Crippen LogP contribution in [0, 0.1) is 0 Å². The summed E-state index contributed by atoms with van der Waals surface area (Å²) in [6, 6.07) is 43.5. The third kappa shape index (κ3) is 7.63. The monoisotopic (exact) mass is 744 g/mol. The van der Waals surface area contributed by atoms with E-state index in [4.69, 9.17) is 14.5 Å². The minimum absolute atomic E-state index is 0.0815. The zero-order valence-corrected chi connectivity index (χ0v) is 33.3. The first-order valence-electron chi connectivity index (χ1n) is 18.9. The third-order valence-electron chi connectivity index (χ3n) is 10.4. The molecule has 1 aromatic heterocycles. The molecular weight excluding hydrogens is 697 g/mol. The molecule has 7 heteroatoms. The fraction of sp³-hybridized carbons (Fsp3) is 0.204. The number of aromatic nitrogens is 1. The molecule has 0 spiro atoms. The van der Waals surface area contributed by atoms with Crippen molar-refractivity contribution >= 4 is 24.3 Å². The number of halogens is 2. The van der Waals surface area contributed by atoms with E-state index in [9.17, 15) is 0 Å². The van der Waals surface area contributed by atoms with Gasteiger partial charge in [-0.15, -0.1) is 0 Å². The van der Waals surface area contributed by atoms with Gasteiger partial charge in [-0.05, 0) is 92.8 Å². The summed E-state index contributed by atoms with van der Waals surface area (Å²) >= 11 is 0. The molecule has 7 rings (SSSR count). The molecule has 0 radical (unpaired) electrons. The quantitative estimate of drug-likeness (QED) is 0.138. The minimum Gasteiger partial charge on any atom is -0.497 e. The third-order valence-corrected chi connectivity index (χ3v) is 10.4. The smallest absolute Gasteiger partial charge is 0.497 e. The highest BCUT2D eigenvalue weighted by Gasteiger charge is 2.34. The van der Waals surface area contributed by atoms with Crippen molar-refractivity contribution in [2.75, 3.05) is 14.2 Å². The lowest BCUT2D eigenvalue weighted by atomic mass is 9.85. The molecule has 0 aliphatic carbocycles. The van der Waals surface area contributed by atoms with E-state index in [1.807, 2.05) is 115 Å². The predicted molar refractivity (Wildman–Crippen MR) is 229 cm³/mol. The van der Waals surface area contributed by atoms with Gasteiger partial charge in [0.05, 0.1) is 31.3 Å². The van der Waals surface area contributed by atoms with Crippen molar-refractivity contribution in [2.24, 2.45) is 4.99 Å². The molecule has 6 aromatic rings. The highest BCUT2D eigenvalue weighted by Crippen LogP contribution is 2.46. The van der Waals surface area contributed by atoms with Gasteiger partial charge < -0.3 is 14.0 Å². The van der Waals surface area contributed by atoms with Crippen molar-refractivity contribution < 1.29 is 18.1 Å². The summed E-state index contributed by atoms with van der Waals surface area (Å²) < 4.78 is 44.4. The topological polar surface area (TPSA) is 35.8 Å². The molecule has 282 valence electrons. The van der Waals surface area contributed by atoms with Crippen LogP contribution >= 0.6 is 0 Å². The first kappa shape index (κ1) is 38.3. The van der Waals surface area contributed by atoms with Crippen molar-refractivity contribution in [1.82, 2.24) is 4.48 Å². The van der Waals surface area contributed by atoms with Crippen LogP contribution in [0.3, 0.4) is 0 Å². The van der Waals surface area contributed by atoms with E-state index < -0.39 is 7.40 Å². The molecule has 5 aromatic carbocycles. The Bertz CT molecular complexity index is 2430. The second-order valence-corrected chi connectivity index (χ2v) is 16.2. The summed E-state index contributed by atoms with van der Waals surface area (Å²) in [5.41, 5.74) is 10.4. The van der Waals surface area contributed by atoms with Crippen molar-refractivity contribution in [2.45, 2.75) is 52.4 Å². The molecule has 1 aliphatic heterocycles. The van der Waals surface area contributed by atoms with Gasteiger partial charge in [0.15, 0.2) is 0 Å². The Balaban J connectivity index is 1.59. The highest BCUT2D eigenvalue weighted by molar-refractivity contribution is 6.42. The first-order valence-corrected chi connectivity index (χ1v) is 18.9. The molecular formula is C49H47BF2N2O2. The standard InChI is InChI=1S/C49H47BF2N2O2/c1-48(2,3)37-22-14-33(15-23-37)42-31-44(35-16-24-38(25-17-35)49(4,5)6)54(50(51)52)47(42)45(36-12-10-9-11-13-36)46-41(32-18-26-39(55-7)27-19-32)30-43(53-46)34-20-28-40(56-8)29-21-34/h9-31H,1-8H3/b46-45-. The average molecular weight is 745 g/mol. The van der Waals surface area contributed by atoms with E-state index in [1.165, 1.54) is 4.48 Å². The van der Waals surface area contributed by atoms with Gasteiger partial charge in [0.1, 0.15) is 11.5 Å². The van der Waals surface area contributed by atoms with Crippen LogP contribution in [0.2, 0.25) is 0 Å². The number of rotatable bonds is 9. The summed E-state index contributed by atoms with van der Waals surface area (Å²) in [5, 5.41) is 0. The van der Waals surface area contributed by atoms with E-state index in [-0.39, 0.29) is 10.8 Å². The van der Waals surface area contributed by atoms with E-state index in [0.717, 1.165) is 44.7 Å². The van der Waals surface area contributed by atoms with Gasteiger partial charge in [-0.2, -0.15) is 0 Å². The van der Waals surface area contributed by atoms with Gasteiger partial charge >= 0.3 is 7.40 Å². The fourth-order valence-corrected chi connectivity index (χ4v) is 7.22.